The highest BCUT2D eigenvalue weighted by molar-refractivity contribution is 7.99. The van der Waals surface area contributed by atoms with Crippen LogP contribution in [0.5, 0.6) is 0 Å². The summed E-state index contributed by atoms with van der Waals surface area (Å²) in [5.74, 6) is -3.30. The molecule has 2 N–H and O–H groups in total. The highest BCUT2D eigenvalue weighted by atomic mass is 32.2. The largest absolute Gasteiger partial charge is 0.337 e. The zero-order valence-electron chi connectivity index (χ0n) is 12.0. The van der Waals surface area contributed by atoms with Crippen LogP contribution in [0.3, 0.4) is 0 Å². The average Bonchev–Trinajstić information content (AvgIpc) is 2.85. The fourth-order valence-electron chi connectivity index (χ4n) is 1.78. The van der Waals surface area contributed by atoms with E-state index in [4.69, 9.17) is 2.74 Å². The van der Waals surface area contributed by atoms with Crippen molar-refractivity contribution in [1.29, 1.82) is 0 Å². The van der Waals surface area contributed by atoms with Gasteiger partial charge in [0, 0.05) is 16.8 Å². The zero-order valence-corrected chi connectivity index (χ0v) is 10.8. The monoisotopic (exact) mass is 294 g/mol. The van der Waals surface area contributed by atoms with Crippen LogP contribution < -0.4 is 5.32 Å². The molecule has 0 radical (unpaired) electrons. The number of nitrogens with one attached hydrogen (secondary N) is 2. The Labute approximate surface area is 120 Å². The molecule has 102 valence electrons. The molecule has 0 aliphatic rings. The van der Waals surface area contributed by atoms with Crippen LogP contribution in [0, 0.1) is 5.82 Å². The Morgan fingerprint density at radius 3 is 3.15 bits per heavy atom. The minimum Gasteiger partial charge on any atom is -0.337 e. The maximum atomic E-state index is 13.6. The van der Waals surface area contributed by atoms with Crippen LogP contribution in [-0.4, -0.2) is 21.1 Å². The summed E-state index contributed by atoms with van der Waals surface area (Å²) in [7, 11) is 0. The second kappa shape index (κ2) is 5.46. The summed E-state index contributed by atoms with van der Waals surface area (Å²) in [4.78, 5) is 4.05. The molecule has 2 aromatic heterocycles. The van der Waals surface area contributed by atoms with Gasteiger partial charge in [-0.25, -0.2) is 8.78 Å². The number of halogens is 2. The number of pyridine rings is 1. The predicted molar refractivity (Wildman–Crippen MR) is 75.4 cm³/mol. The molecule has 0 fully saturated rings. The first-order chi connectivity index (χ1) is 10.4. The summed E-state index contributed by atoms with van der Waals surface area (Å²) in [6.07, 6.45) is 1.62. The summed E-state index contributed by atoms with van der Waals surface area (Å²) in [6.45, 7) is 0. The van der Waals surface area contributed by atoms with Gasteiger partial charge in [-0.2, -0.15) is 5.10 Å². The predicted octanol–water partition coefficient (Wildman–Crippen LogP) is 3.86. The van der Waals surface area contributed by atoms with E-state index in [0.29, 0.717) is 17.0 Å². The first-order valence-electron chi connectivity index (χ1n) is 6.66. The SMILES string of the molecule is [2H]C([2H])(F)Sc1cc(Nc2n[nH]c3cccnc23)ccc1F. The third-order valence-corrected chi connectivity index (χ3v) is 3.27. The van der Waals surface area contributed by atoms with E-state index in [1.807, 2.05) is 6.07 Å². The number of aromatic amines is 1. The van der Waals surface area contributed by atoms with Crippen LogP contribution in [0.2, 0.25) is 0 Å². The summed E-state index contributed by atoms with van der Waals surface area (Å²) >= 11 is 0.166. The Balaban J connectivity index is 1.91. The van der Waals surface area contributed by atoms with Crippen LogP contribution in [-0.2, 0) is 0 Å². The van der Waals surface area contributed by atoms with Crippen molar-refractivity contribution in [1.82, 2.24) is 15.2 Å². The number of thioether (sulfide) groups is 1. The van der Waals surface area contributed by atoms with Crippen LogP contribution in [0.1, 0.15) is 2.74 Å². The van der Waals surface area contributed by atoms with Gasteiger partial charge in [-0.3, -0.25) is 10.1 Å². The van der Waals surface area contributed by atoms with E-state index in [-0.39, 0.29) is 16.7 Å². The van der Waals surface area contributed by atoms with E-state index in [1.165, 1.54) is 12.1 Å². The molecule has 3 aromatic rings. The lowest BCUT2D eigenvalue weighted by Gasteiger charge is -2.06. The number of alkyl halides is 1. The number of benzene rings is 1. The van der Waals surface area contributed by atoms with Crippen molar-refractivity contribution in [3.8, 4) is 0 Å². The number of aromatic nitrogens is 3. The van der Waals surface area contributed by atoms with Crippen LogP contribution in [0.15, 0.2) is 41.4 Å². The highest BCUT2D eigenvalue weighted by Crippen LogP contribution is 2.28. The van der Waals surface area contributed by atoms with E-state index in [9.17, 15) is 8.78 Å². The van der Waals surface area contributed by atoms with Crippen LogP contribution >= 0.6 is 11.8 Å². The zero-order chi connectivity index (χ0) is 15.7. The minimum atomic E-state index is -3.06. The molecular weight excluding hydrogens is 282 g/mol. The number of nitrogens with zero attached hydrogens (tertiary/aromatic N) is 2. The standard InChI is InChI=1S/C13H10F2N4S/c14-7-20-11-6-8(3-4-9(11)15)17-13-12-10(18-19-13)2-1-5-16-12/h1-6H,7H2,(H2,17,18,19)/i7D2. The Morgan fingerprint density at radius 2 is 2.30 bits per heavy atom. The summed E-state index contributed by atoms with van der Waals surface area (Å²) in [6, 6.07) is 7.49. The molecule has 3 rings (SSSR count). The highest BCUT2D eigenvalue weighted by Gasteiger charge is 2.09. The molecule has 2 heterocycles. The second-order valence-corrected chi connectivity index (χ2v) is 4.72. The summed E-state index contributed by atoms with van der Waals surface area (Å²) in [5.41, 5.74) is 1.80. The van der Waals surface area contributed by atoms with E-state index in [1.54, 1.807) is 12.3 Å². The number of H-pyrrole nitrogens is 1. The Morgan fingerprint density at radius 1 is 1.40 bits per heavy atom. The lowest BCUT2D eigenvalue weighted by molar-refractivity contribution is 0.590. The van der Waals surface area contributed by atoms with Gasteiger partial charge in [0.25, 0.3) is 0 Å². The van der Waals surface area contributed by atoms with Crippen LogP contribution in [0.25, 0.3) is 11.0 Å². The first kappa shape index (κ1) is 10.6. The third kappa shape index (κ3) is 2.44. The smallest absolute Gasteiger partial charge is 0.178 e. The van der Waals surface area contributed by atoms with Gasteiger partial charge in [-0.05, 0) is 30.3 Å². The van der Waals surface area contributed by atoms with E-state index in [0.717, 1.165) is 11.6 Å². The summed E-state index contributed by atoms with van der Waals surface area (Å²) < 4.78 is 40.4. The molecule has 0 amide bonds. The van der Waals surface area contributed by atoms with Gasteiger partial charge < -0.3 is 5.32 Å². The quantitative estimate of drug-likeness (QED) is 0.717. The lowest BCUT2D eigenvalue weighted by atomic mass is 10.3. The molecule has 7 heteroatoms. The fraction of sp³-hybridized carbons (Fsp3) is 0.0769. The third-order valence-electron chi connectivity index (χ3n) is 2.66. The number of anilines is 2. The lowest BCUT2D eigenvalue weighted by Crippen LogP contribution is -1.93. The summed E-state index contributed by atoms with van der Waals surface area (Å²) in [5, 5.41) is 9.82. The number of rotatable bonds is 4. The van der Waals surface area contributed by atoms with E-state index < -0.39 is 11.8 Å². The molecule has 0 aliphatic heterocycles. The average molecular weight is 294 g/mol. The molecular formula is C13H10F2N4S. The van der Waals surface area contributed by atoms with Crippen molar-refractivity contribution < 1.29 is 11.5 Å². The molecule has 0 saturated carbocycles. The first-order valence-corrected chi connectivity index (χ1v) is 6.48. The Bertz CT molecular complexity index is 819. The fourth-order valence-corrected chi connectivity index (χ4v) is 2.21. The van der Waals surface area contributed by atoms with Crippen molar-refractivity contribution in [3.05, 3.63) is 42.3 Å². The van der Waals surface area contributed by atoms with Crippen molar-refractivity contribution in [2.45, 2.75) is 4.90 Å². The second-order valence-electron chi connectivity index (χ2n) is 3.92. The molecule has 0 aliphatic carbocycles. The molecule has 20 heavy (non-hydrogen) atoms. The van der Waals surface area contributed by atoms with Crippen molar-refractivity contribution in [2.75, 3.05) is 11.3 Å². The molecule has 0 unspecified atom stereocenters. The van der Waals surface area contributed by atoms with Gasteiger partial charge in [-0.15, -0.1) is 0 Å². The number of hydrogen-bond acceptors (Lipinski definition) is 4. The molecule has 0 spiro atoms. The van der Waals surface area contributed by atoms with Gasteiger partial charge in [0.1, 0.15) is 17.3 Å². The van der Waals surface area contributed by atoms with Crippen molar-refractivity contribution >= 4 is 34.3 Å². The maximum Gasteiger partial charge on any atom is 0.178 e. The van der Waals surface area contributed by atoms with Gasteiger partial charge >= 0.3 is 0 Å². The Hall–Kier alpha value is -2.15. The Kier molecular flexibility index (Phi) is 2.90. The number of hydrogen-bond donors (Lipinski definition) is 2. The minimum absolute atomic E-state index is 0.134. The number of fused-ring (bicyclic) bond motifs is 1. The van der Waals surface area contributed by atoms with Gasteiger partial charge in [0.15, 0.2) is 5.82 Å². The molecule has 0 atom stereocenters. The maximum absolute atomic E-state index is 13.6. The van der Waals surface area contributed by atoms with Gasteiger partial charge in [-0.1, -0.05) is 11.8 Å². The van der Waals surface area contributed by atoms with Gasteiger partial charge in [0.05, 0.1) is 8.26 Å². The van der Waals surface area contributed by atoms with E-state index in [2.05, 4.69) is 20.5 Å². The molecule has 0 bridgehead atoms. The topological polar surface area (TPSA) is 53.6 Å². The molecule has 1 aromatic carbocycles. The van der Waals surface area contributed by atoms with Crippen molar-refractivity contribution in [2.24, 2.45) is 0 Å². The van der Waals surface area contributed by atoms with Crippen LogP contribution in [0.4, 0.5) is 20.3 Å². The van der Waals surface area contributed by atoms with E-state index >= 15 is 0 Å². The van der Waals surface area contributed by atoms with Crippen molar-refractivity contribution in [3.63, 3.8) is 0 Å². The normalized spacial score (nSPS) is 13.1. The molecule has 4 nitrogen and oxygen atoms in total. The molecule has 0 saturated heterocycles. The van der Waals surface area contributed by atoms with Gasteiger partial charge in [0.2, 0.25) is 0 Å².